The molecule has 1 aliphatic heterocycles. The monoisotopic (exact) mass is 365 g/mol. The Balaban J connectivity index is 0.00000144. The van der Waals surface area contributed by atoms with Crippen LogP contribution in [0.25, 0.3) is 0 Å². The molecule has 0 aliphatic carbocycles. The molecule has 0 amide bonds. The molecular formula is C10H17Br2N5. The second kappa shape index (κ2) is 5.86. The first-order chi connectivity index (χ1) is 7.59. The Morgan fingerprint density at radius 1 is 1.47 bits per heavy atom. The zero-order valence-electron chi connectivity index (χ0n) is 10.1. The van der Waals surface area contributed by atoms with Crippen LogP contribution in [0.3, 0.4) is 0 Å². The van der Waals surface area contributed by atoms with Crippen LogP contribution in [-0.4, -0.2) is 28.8 Å². The number of hydrogen-bond acceptors (Lipinski definition) is 4. The summed E-state index contributed by atoms with van der Waals surface area (Å²) < 4.78 is 2.85. The van der Waals surface area contributed by atoms with E-state index in [2.05, 4.69) is 50.5 Å². The average molecular weight is 367 g/mol. The van der Waals surface area contributed by atoms with Gasteiger partial charge in [-0.2, -0.15) is 5.10 Å². The largest absolute Gasteiger partial charge is 0.354 e. The van der Waals surface area contributed by atoms with Gasteiger partial charge in [0.2, 0.25) is 0 Å². The number of hydrogen-bond donors (Lipinski definition) is 2. The van der Waals surface area contributed by atoms with Gasteiger partial charge in [-0.25, -0.2) is 0 Å². The van der Waals surface area contributed by atoms with Crippen molar-refractivity contribution in [3.8, 4) is 0 Å². The van der Waals surface area contributed by atoms with E-state index in [0.29, 0.717) is 5.92 Å². The van der Waals surface area contributed by atoms with Crippen LogP contribution in [0.4, 0.5) is 5.82 Å². The van der Waals surface area contributed by atoms with Gasteiger partial charge >= 0.3 is 0 Å². The van der Waals surface area contributed by atoms with Crippen LogP contribution < -0.4 is 10.6 Å². The molecule has 0 unspecified atom stereocenters. The van der Waals surface area contributed by atoms with Crippen LogP contribution in [0.5, 0.6) is 0 Å². The molecule has 1 aliphatic rings. The second-order valence-corrected chi connectivity index (χ2v) is 4.90. The standard InChI is InChI=1S/C10H16BrN5.BrH/c1-6(2)8-7(11)9(16(3)15-8)14-10-12-4-5-13-10;/h6H,4-5H2,1-3H3,(H2,12,13,14);1H. The Kier molecular flexibility index (Phi) is 5.00. The van der Waals surface area contributed by atoms with Gasteiger partial charge in [-0.1, -0.05) is 13.8 Å². The van der Waals surface area contributed by atoms with Gasteiger partial charge in [0.15, 0.2) is 5.96 Å². The van der Waals surface area contributed by atoms with Gasteiger partial charge in [-0.15, -0.1) is 17.0 Å². The number of guanidine groups is 1. The zero-order valence-corrected chi connectivity index (χ0v) is 13.4. The predicted octanol–water partition coefficient (Wildman–Crippen LogP) is 2.25. The summed E-state index contributed by atoms with van der Waals surface area (Å²) in [6.45, 7) is 5.98. The van der Waals surface area contributed by atoms with Gasteiger partial charge in [0.1, 0.15) is 5.82 Å². The maximum absolute atomic E-state index is 4.48. The third-order valence-corrected chi connectivity index (χ3v) is 3.25. The van der Waals surface area contributed by atoms with Gasteiger partial charge < -0.3 is 10.6 Å². The van der Waals surface area contributed by atoms with Crippen molar-refractivity contribution in [2.75, 3.05) is 18.4 Å². The number of rotatable bonds is 2. The molecule has 0 radical (unpaired) electrons. The number of aryl methyl sites for hydroxylation is 1. The van der Waals surface area contributed by atoms with E-state index in [-0.39, 0.29) is 17.0 Å². The van der Waals surface area contributed by atoms with Crippen LogP contribution in [-0.2, 0) is 7.05 Å². The van der Waals surface area contributed by atoms with Crippen LogP contribution in [0, 0.1) is 0 Å². The first-order valence-corrected chi connectivity index (χ1v) is 6.16. The highest BCUT2D eigenvalue weighted by Gasteiger charge is 2.18. The maximum Gasteiger partial charge on any atom is 0.197 e. The fourth-order valence-electron chi connectivity index (χ4n) is 1.62. The number of aromatic nitrogens is 2. The van der Waals surface area contributed by atoms with E-state index in [9.17, 15) is 0 Å². The normalized spacial score (nSPS) is 14.3. The summed E-state index contributed by atoms with van der Waals surface area (Å²) in [6, 6.07) is 0. The van der Waals surface area contributed by atoms with E-state index in [1.807, 2.05) is 11.7 Å². The molecule has 17 heavy (non-hydrogen) atoms. The lowest BCUT2D eigenvalue weighted by Crippen LogP contribution is -2.27. The van der Waals surface area contributed by atoms with Gasteiger partial charge in [0.05, 0.1) is 16.7 Å². The fraction of sp³-hybridized carbons (Fsp3) is 0.600. The van der Waals surface area contributed by atoms with Crippen molar-refractivity contribution in [2.24, 2.45) is 12.0 Å². The molecule has 0 spiro atoms. The van der Waals surface area contributed by atoms with E-state index in [1.165, 1.54) is 0 Å². The van der Waals surface area contributed by atoms with Crippen molar-refractivity contribution in [3.05, 3.63) is 10.2 Å². The zero-order chi connectivity index (χ0) is 11.7. The second-order valence-electron chi connectivity index (χ2n) is 4.11. The van der Waals surface area contributed by atoms with Gasteiger partial charge in [0, 0.05) is 13.6 Å². The molecule has 5 nitrogen and oxygen atoms in total. The van der Waals surface area contributed by atoms with Crippen molar-refractivity contribution in [3.63, 3.8) is 0 Å². The molecule has 7 heteroatoms. The number of nitrogens with zero attached hydrogens (tertiary/aromatic N) is 3. The topological polar surface area (TPSA) is 54.2 Å². The SMILES string of the molecule is Br.CC(C)c1nn(C)c(NC2=NCCN2)c1Br. The lowest BCUT2D eigenvalue weighted by molar-refractivity contribution is 0.717. The molecule has 1 aromatic rings. The third kappa shape index (κ3) is 3.01. The van der Waals surface area contributed by atoms with Crippen molar-refractivity contribution < 1.29 is 0 Å². The molecule has 2 heterocycles. The van der Waals surface area contributed by atoms with Crippen molar-refractivity contribution in [2.45, 2.75) is 19.8 Å². The van der Waals surface area contributed by atoms with E-state index < -0.39 is 0 Å². The molecular weight excluding hydrogens is 350 g/mol. The molecule has 0 atom stereocenters. The highest BCUT2D eigenvalue weighted by Crippen LogP contribution is 2.30. The fourth-order valence-corrected chi connectivity index (χ4v) is 2.51. The van der Waals surface area contributed by atoms with Crippen molar-refractivity contribution in [1.82, 2.24) is 15.1 Å². The summed E-state index contributed by atoms with van der Waals surface area (Å²) >= 11 is 3.58. The minimum Gasteiger partial charge on any atom is -0.354 e. The molecule has 2 N–H and O–H groups in total. The number of halogens is 2. The number of nitrogens with one attached hydrogen (secondary N) is 2. The van der Waals surface area contributed by atoms with Gasteiger partial charge in [-0.3, -0.25) is 9.67 Å². The van der Waals surface area contributed by atoms with Crippen LogP contribution >= 0.6 is 32.9 Å². The minimum absolute atomic E-state index is 0. The van der Waals surface area contributed by atoms with Crippen molar-refractivity contribution >= 4 is 44.7 Å². The Morgan fingerprint density at radius 3 is 2.65 bits per heavy atom. The predicted molar refractivity (Wildman–Crippen MR) is 79.2 cm³/mol. The summed E-state index contributed by atoms with van der Waals surface area (Å²) in [5, 5.41) is 10.9. The lowest BCUT2D eigenvalue weighted by Gasteiger charge is -2.07. The Hall–Kier alpha value is -0.560. The molecule has 2 rings (SSSR count). The van der Waals surface area contributed by atoms with Crippen LogP contribution in [0.15, 0.2) is 9.47 Å². The summed E-state index contributed by atoms with van der Waals surface area (Å²) in [7, 11) is 1.93. The molecule has 1 aromatic heterocycles. The molecule has 0 fully saturated rings. The number of anilines is 1. The highest BCUT2D eigenvalue weighted by molar-refractivity contribution is 9.10. The molecule has 0 bridgehead atoms. The lowest BCUT2D eigenvalue weighted by atomic mass is 10.1. The van der Waals surface area contributed by atoms with E-state index in [0.717, 1.165) is 35.0 Å². The third-order valence-electron chi connectivity index (χ3n) is 2.47. The summed E-state index contributed by atoms with van der Waals surface area (Å²) in [5.41, 5.74) is 1.06. The highest BCUT2D eigenvalue weighted by atomic mass is 79.9. The van der Waals surface area contributed by atoms with E-state index >= 15 is 0 Å². The van der Waals surface area contributed by atoms with Crippen LogP contribution in [0.2, 0.25) is 0 Å². The number of aliphatic imine (C=N–C) groups is 1. The van der Waals surface area contributed by atoms with Crippen molar-refractivity contribution in [1.29, 1.82) is 0 Å². The Morgan fingerprint density at radius 2 is 2.18 bits per heavy atom. The first-order valence-electron chi connectivity index (χ1n) is 5.37. The molecule has 0 saturated carbocycles. The Bertz CT molecular complexity index is 425. The maximum atomic E-state index is 4.48. The molecule has 0 aromatic carbocycles. The summed E-state index contributed by atoms with van der Waals surface area (Å²) in [6.07, 6.45) is 0. The minimum atomic E-state index is 0. The van der Waals surface area contributed by atoms with Crippen LogP contribution in [0.1, 0.15) is 25.5 Å². The smallest absolute Gasteiger partial charge is 0.197 e. The van der Waals surface area contributed by atoms with Gasteiger partial charge in [0.25, 0.3) is 0 Å². The summed E-state index contributed by atoms with van der Waals surface area (Å²) in [5.74, 6) is 2.16. The quantitative estimate of drug-likeness (QED) is 0.844. The first kappa shape index (κ1) is 14.5. The Labute approximate surface area is 120 Å². The average Bonchev–Trinajstić information content (AvgIpc) is 2.81. The van der Waals surface area contributed by atoms with E-state index in [1.54, 1.807) is 0 Å². The van der Waals surface area contributed by atoms with Gasteiger partial charge in [-0.05, 0) is 21.8 Å². The summed E-state index contributed by atoms with van der Waals surface area (Å²) in [4.78, 5) is 4.30. The molecule has 0 saturated heterocycles. The van der Waals surface area contributed by atoms with E-state index in [4.69, 9.17) is 0 Å². The molecule has 96 valence electrons.